The largest absolute Gasteiger partial charge is 0.356 e. The van der Waals surface area contributed by atoms with Crippen LogP contribution in [-0.4, -0.2) is 30.9 Å². The van der Waals surface area contributed by atoms with Gasteiger partial charge in [0.05, 0.1) is 5.92 Å². The van der Waals surface area contributed by atoms with Gasteiger partial charge in [0.15, 0.2) is 11.6 Å². The fourth-order valence-electron chi connectivity index (χ4n) is 5.30. The zero-order valence-corrected chi connectivity index (χ0v) is 24.6. The average molecular weight is 564 g/mol. The summed E-state index contributed by atoms with van der Waals surface area (Å²) in [7, 11) is 0. The van der Waals surface area contributed by atoms with Crippen LogP contribution in [0.2, 0.25) is 5.02 Å². The number of carbonyl (C=O) groups is 2. The maximum atomic E-state index is 14.5. The molecule has 0 aromatic heterocycles. The molecule has 0 radical (unpaired) electrons. The first-order chi connectivity index (χ1) is 18.6. The van der Waals surface area contributed by atoms with Crippen LogP contribution in [0.5, 0.6) is 0 Å². The fraction of sp³-hybridized carbons (Fsp3) is 0.548. The number of hydrogen-bond acceptors (Lipinski definition) is 3. The second-order valence-corrected chi connectivity index (χ2v) is 11.6. The van der Waals surface area contributed by atoms with Crippen LogP contribution in [-0.2, 0) is 9.59 Å². The fourth-order valence-corrected chi connectivity index (χ4v) is 5.49. The van der Waals surface area contributed by atoms with E-state index in [4.69, 9.17) is 11.6 Å². The lowest BCUT2D eigenvalue weighted by atomic mass is 9.78. The molecule has 1 aliphatic carbocycles. The lowest BCUT2D eigenvalue weighted by Crippen LogP contribution is -2.38. The summed E-state index contributed by atoms with van der Waals surface area (Å²) in [6.07, 6.45) is 7.82. The molecule has 5 nitrogen and oxygen atoms in total. The van der Waals surface area contributed by atoms with Crippen LogP contribution in [0.4, 0.5) is 14.5 Å². The van der Waals surface area contributed by atoms with E-state index in [1.165, 1.54) is 38.2 Å². The van der Waals surface area contributed by atoms with E-state index >= 15 is 0 Å². The summed E-state index contributed by atoms with van der Waals surface area (Å²) in [5.41, 5.74) is 0.786. The minimum absolute atomic E-state index is 0.0262. The van der Waals surface area contributed by atoms with E-state index in [-0.39, 0.29) is 22.9 Å². The van der Waals surface area contributed by atoms with Gasteiger partial charge in [0.25, 0.3) is 0 Å². The quantitative estimate of drug-likeness (QED) is 0.319. The summed E-state index contributed by atoms with van der Waals surface area (Å²) >= 11 is 6.01. The Morgan fingerprint density at radius 1 is 1.08 bits per heavy atom. The highest BCUT2D eigenvalue weighted by atomic mass is 35.5. The third-order valence-electron chi connectivity index (χ3n) is 6.98. The molecule has 3 atom stereocenters. The molecule has 216 valence electrons. The van der Waals surface area contributed by atoms with E-state index in [9.17, 15) is 18.4 Å². The van der Waals surface area contributed by atoms with Crippen LogP contribution in [0.25, 0.3) is 0 Å². The van der Waals surface area contributed by atoms with Crippen molar-refractivity contribution in [2.24, 2.45) is 11.3 Å². The smallest absolute Gasteiger partial charge is 0.229 e. The van der Waals surface area contributed by atoms with E-state index in [1.54, 1.807) is 30.3 Å². The predicted octanol–water partition coefficient (Wildman–Crippen LogP) is 7.46. The van der Waals surface area contributed by atoms with Crippen LogP contribution in [0.1, 0.15) is 84.6 Å². The molecule has 0 bridgehead atoms. The maximum absolute atomic E-state index is 14.5. The van der Waals surface area contributed by atoms with Gasteiger partial charge in [-0.25, -0.2) is 8.78 Å². The first kappa shape index (κ1) is 32.7. The molecule has 1 saturated carbocycles. The molecule has 2 amide bonds. The minimum atomic E-state index is -0.897. The molecule has 2 aromatic carbocycles. The molecule has 39 heavy (non-hydrogen) atoms. The highest BCUT2D eigenvalue weighted by Crippen LogP contribution is 2.39. The highest BCUT2D eigenvalue weighted by Gasteiger charge is 2.44. The molecule has 4 rings (SSSR count). The number of amides is 2. The van der Waals surface area contributed by atoms with Crippen molar-refractivity contribution in [2.45, 2.75) is 91.1 Å². The molecule has 1 saturated heterocycles. The van der Waals surface area contributed by atoms with E-state index < -0.39 is 23.5 Å². The van der Waals surface area contributed by atoms with Gasteiger partial charge in [-0.1, -0.05) is 83.7 Å². The summed E-state index contributed by atoms with van der Waals surface area (Å²) < 4.78 is 28.3. The second-order valence-electron chi connectivity index (χ2n) is 11.2. The van der Waals surface area contributed by atoms with E-state index in [0.717, 1.165) is 18.9 Å². The number of hydrogen-bond donors (Lipinski definition) is 3. The summed E-state index contributed by atoms with van der Waals surface area (Å²) in [5.74, 6) is -3.00. The number of carbonyl (C=O) groups excluding carboxylic acids is 2. The number of nitrogens with one attached hydrogen (secondary N) is 3. The van der Waals surface area contributed by atoms with Crippen LogP contribution in [0, 0.1) is 23.0 Å². The molecule has 3 N–H and O–H groups in total. The Balaban J connectivity index is 0.000000407. The summed E-state index contributed by atoms with van der Waals surface area (Å²) in [5, 5.41) is 9.57. The van der Waals surface area contributed by atoms with E-state index in [1.807, 2.05) is 13.8 Å². The zero-order valence-electron chi connectivity index (χ0n) is 23.8. The summed E-state index contributed by atoms with van der Waals surface area (Å²) in [6.45, 7) is 10.7. The molecule has 2 fully saturated rings. The number of benzene rings is 2. The molecular formula is C31H44ClF2N3O2. The summed E-state index contributed by atoms with van der Waals surface area (Å²) in [4.78, 5) is 23.2. The number of rotatable bonds is 6. The molecular weight excluding hydrogens is 520 g/mol. The lowest BCUT2D eigenvalue weighted by Gasteiger charge is -2.29. The third kappa shape index (κ3) is 10.2. The Morgan fingerprint density at radius 3 is 2.36 bits per heavy atom. The Hall–Kier alpha value is -2.51. The Morgan fingerprint density at radius 2 is 1.74 bits per heavy atom. The maximum Gasteiger partial charge on any atom is 0.229 e. The van der Waals surface area contributed by atoms with E-state index in [0.29, 0.717) is 23.3 Å². The van der Waals surface area contributed by atoms with Gasteiger partial charge in [-0.05, 0) is 54.5 Å². The monoisotopic (exact) mass is 563 g/mol. The molecule has 0 spiro atoms. The van der Waals surface area contributed by atoms with Crippen molar-refractivity contribution < 1.29 is 18.4 Å². The van der Waals surface area contributed by atoms with Crippen molar-refractivity contribution in [3.63, 3.8) is 0 Å². The van der Waals surface area contributed by atoms with Gasteiger partial charge in [0, 0.05) is 35.3 Å². The third-order valence-corrected chi connectivity index (χ3v) is 7.22. The van der Waals surface area contributed by atoms with Gasteiger partial charge < -0.3 is 16.0 Å². The number of anilines is 1. The topological polar surface area (TPSA) is 70.2 Å². The van der Waals surface area contributed by atoms with Crippen LogP contribution < -0.4 is 16.0 Å². The zero-order chi connectivity index (χ0) is 29.0. The van der Waals surface area contributed by atoms with Gasteiger partial charge in [0.2, 0.25) is 12.3 Å². The van der Waals surface area contributed by atoms with Gasteiger partial charge in [-0.15, -0.1) is 0 Å². The standard InChI is InChI=1S/C22H25ClF2N2O.C7H13NO.C2H6/c1-22(2,3)11-18-19(21(28)27-14-7-4-6-13(23)10-14)16(12-26-18)15-8-5-9-17(24)20(15)25;9-6-8-7-4-2-1-3-5-7;1-2/h4-10,16,18-19,26H,11-12H2,1-3H3,(H,27,28);6-7H,1-5H2,(H,8,9);1-2H3. The predicted molar refractivity (Wildman–Crippen MR) is 156 cm³/mol. The number of halogens is 3. The van der Waals surface area contributed by atoms with Crippen molar-refractivity contribution in [3.8, 4) is 0 Å². The van der Waals surface area contributed by atoms with Gasteiger partial charge in [-0.3, -0.25) is 9.59 Å². The molecule has 2 aromatic rings. The van der Waals surface area contributed by atoms with Crippen LogP contribution in [0.15, 0.2) is 42.5 Å². The van der Waals surface area contributed by atoms with Crippen molar-refractivity contribution in [1.82, 2.24) is 10.6 Å². The average Bonchev–Trinajstić information content (AvgIpc) is 3.30. The van der Waals surface area contributed by atoms with E-state index in [2.05, 4.69) is 36.7 Å². The molecule has 1 heterocycles. The SMILES string of the molecule is CC.CC(C)(C)CC1NCC(c2cccc(F)c2F)C1C(=O)Nc1cccc(Cl)c1.O=CNC1CCCCC1. The van der Waals surface area contributed by atoms with Crippen molar-refractivity contribution in [1.29, 1.82) is 0 Å². The van der Waals surface area contributed by atoms with Crippen molar-refractivity contribution in [3.05, 3.63) is 64.7 Å². The minimum Gasteiger partial charge on any atom is -0.356 e. The van der Waals surface area contributed by atoms with Crippen molar-refractivity contribution in [2.75, 3.05) is 11.9 Å². The highest BCUT2D eigenvalue weighted by molar-refractivity contribution is 6.30. The first-order valence-electron chi connectivity index (χ1n) is 14.0. The Labute approximate surface area is 237 Å². The Kier molecular flexibility index (Phi) is 13.4. The molecule has 3 unspecified atom stereocenters. The summed E-state index contributed by atoms with van der Waals surface area (Å²) in [6, 6.07) is 11.4. The second kappa shape index (κ2) is 15.9. The molecule has 2 aliphatic rings. The molecule has 8 heteroatoms. The Bertz CT molecular complexity index is 1050. The van der Waals surface area contributed by atoms with Gasteiger partial charge in [0.1, 0.15) is 0 Å². The van der Waals surface area contributed by atoms with Crippen molar-refractivity contribution >= 4 is 29.6 Å². The van der Waals surface area contributed by atoms with Crippen LogP contribution in [0.3, 0.4) is 0 Å². The van der Waals surface area contributed by atoms with Gasteiger partial charge in [-0.2, -0.15) is 0 Å². The normalized spacial score (nSPS) is 21.1. The van der Waals surface area contributed by atoms with Gasteiger partial charge >= 0.3 is 0 Å². The first-order valence-corrected chi connectivity index (χ1v) is 14.4. The molecule has 1 aliphatic heterocycles. The lowest BCUT2D eigenvalue weighted by molar-refractivity contribution is -0.120. The van der Waals surface area contributed by atoms with Crippen LogP contribution >= 0.6 is 11.6 Å².